The van der Waals surface area contributed by atoms with Crippen molar-refractivity contribution in [1.82, 2.24) is 0 Å². The first kappa shape index (κ1) is 11.8. The molecule has 0 radical (unpaired) electrons. The van der Waals surface area contributed by atoms with Gasteiger partial charge in [-0.05, 0) is 55.6 Å². The maximum Gasteiger partial charge on any atom is 0.163 e. The van der Waals surface area contributed by atoms with E-state index in [1.807, 2.05) is 25.1 Å². The number of carbonyl (C=O) groups is 1. The lowest BCUT2D eigenvalue weighted by Gasteiger charge is -2.21. The molecule has 1 aromatic carbocycles. The average molecular weight is 243 g/mol. The number of anilines is 1. The summed E-state index contributed by atoms with van der Waals surface area (Å²) in [5.74, 6) is 2.66. The van der Waals surface area contributed by atoms with Gasteiger partial charge in [0.25, 0.3) is 0 Å². The second-order valence-electron chi connectivity index (χ2n) is 6.08. The minimum atomic E-state index is 0.289. The Morgan fingerprint density at radius 3 is 2.83 bits per heavy atom. The maximum absolute atomic E-state index is 12.4. The van der Waals surface area contributed by atoms with E-state index in [1.54, 1.807) is 0 Å². The van der Waals surface area contributed by atoms with Gasteiger partial charge < -0.3 is 5.73 Å². The number of rotatable bonds is 3. The lowest BCUT2D eigenvalue weighted by molar-refractivity contribution is 0.0943. The molecule has 3 rings (SSSR count). The first-order valence-electron chi connectivity index (χ1n) is 7.03. The van der Waals surface area contributed by atoms with Crippen LogP contribution in [-0.2, 0) is 0 Å². The minimum absolute atomic E-state index is 0.289. The van der Waals surface area contributed by atoms with E-state index in [2.05, 4.69) is 0 Å². The summed E-state index contributed by atoms with van der Waals surface area (Å²) in [5, 5.41) is 0. The number of benzene rings is 1. The van der Waals surface area contributed by atoms with Crippen molar-refractivity contribution >= 4 is 11.5 Å². The Morgan fingerprint density at radius 2 is 2.17 bits per heavy atom. The van der Waals surface area contributed by atoms with Crippen LogP contribution in [0.2, 0.25) is 0 Å². The van der Waals surface area contributed by atoms with Crippen LogP contribution in [-0.4, -0.2) is 5.78 Å². The molecule has 2 heteroatoms. The Kier molecular flexibility index (Phi) is 2.89. The van der Waals surface area contributed by atoms with E-state index in [0.29, 0.717) is 5.92 Å². The van der Waals surface area contributed by atoms with Gasteiger partial charge in [0.05, 0.1) is 0 Å². The quantitative estimate of drug-likeness (QED) is 0.651. The molecule has 2 aliphatic rings. The van der Waals surface area contributed by atoms with Crippen molar-refractivity contribution in [2.75, 3.05) is 5.73 Å². The topological polar surface area (TPSA) is 43.1 Å². The third-order valence-corrected chi connectivity index (χ3v) is 5.01. The monoisotopic (exact) mass is 243 g/mol. The number of fused-ring (bicyclic) bond motifs is 2. The lowest BCUT2D eigenvalue weighted by Crippen LogP contribution is -2.16. The van der Waals surface area contributed by atoms with Crippen molar-refractivity contribution < 1.29 is 4.79 Å². The number of Topliss-reactive ketones (excluding diaryl/α,β-unsaturated/α-hetero) is 1. The highest BCUT2D eigenvalue weighted by atomic mass is 16.1. The van der Waals surface area contributed by atoms with E-state index in [9.17, 15) is 4.79 Å². The van der Waals surface area contributed by atoms with Gasteiger partial charge in [-0.1, -0.05) is 18.6 Å². The molecule has 2 nitrogen and oxygen atoms in total. The van der Waals surface area contributed by atoms with Crippen LogP contribution in [0.25, 0.3) is 0 Å². The summed E-state index contributed by atoms with van der Waals surface area (Å²) in [6, 6.07) is 5.67. The highest BCUT2D eigenvalue weighted by Crippen LogP contribution is 2.49. The molecule has 96 valence electrons. The van der Waals surface area contributed by atoms with Gasteiger partial charge in [0.1, 0.15) is 0 Å². The number of nitrogens with two attached hydrogens (primary N) is 1. The third kappa shape index (κ3) is 1.94. The largest absolute Gasteiger partial charge is 0.398 e. The molecule has 2 saturated carbocycles. The predicted molar refractivity (Wildman–Crippen MR) is 73.5 cm³/mol. The van der Waals surface area contributed by atoms with Crippen LogP contribution in [0.15, 0.2) is 18.2 Å². The fourth-order valence-corrected chi connectivity index (χ4v) is 3.93. The van der Waals surface area contributed by atoms with Gasteiger partial charge in [0.15, 0.2) is 5.78 Å². The molecule has 0 amide bonds. The SMILES string of the molecule is Cc1c(N)cccc1C(=O)CC1CC2CCC1C2. The van der Waals surface area contributed by atoms with Crippen LogP contribution in [0.5, 0.6) is 0 Å². The van der Waals surface area contributed by atoms with E-state index in [0.717, 1.165) is 35.1 Å². The molecule has 2 aliphatic carbocycles. The summed E-state index contributed by atoms with van der Waals surface area (Å²) in [5.41, 5.74) is 8.39. The zero-order valence-corrected chi connectivity index (χ0v) is 11.0. The molecule has 3 atom stereocenters. The summed E-state index contributed by atoms with van der Waals surface area (Å²) in [4.78, 5) is 12.4. The number of hydrogen-bond acceptors (Lipinski definition) is 2. The molecule has 0 saturated heterocycles. The summed E-state index contributed by atoms with van der Waals surface area (Å²) in [6.45, 7) is 1.95. The lowest BCUT2D eigenvalue weighted by atomic mass is 9.83. The second-order valence-corrected chi connectivity index (χ2v) is 6.08. The van der Waals surface area contributed by atoms with Crippen molar-refractivity contribution in [2.24, 2.45) is 17.8 Å². The summed E-state index contributed by atoms with van der Waals surface area (Å²) in [6.07, 6.45) is 6.11. The van der Waals surface area contributed by atoms with Crippen molar-refractivity contribution in [3.63, 3.8) is 0 Å². The molecule has 0 aliphatic heterocycles. The van der Waals surface area contributed by atoms with E-state index in [1.165, 1.54) is 25.7 Å². The molecule has 2 N–H and O–H groups in total. The Morgan fingerprint density at radius 1 is 1.33 bits per heavy atom. The first-order chi connectivity index (χ1) is 8.65. The van der Waals surface area contributed by atoms with Crippen LogP contribution in [0.4, 0.5) is 5.69 Å². The molecule has 0 spiro atoms. The summed E-state index contributed by atoms with van der Waals surface area (Å²) in [7, 11) is 0. The van der Waals surface area contributed by atoms with E-state index < -0.39 is 0 Å². The standard InChI is InChI=1S/C16H21NO/c1-10-14(3-2-4-15(10)17)16(18)9-13-8-11-5-6-12(13)7-11/h2-4,11-13H,5-9,17H2,1H3. The van der Waals surface area contributed by atoms with Gasteiger partial charge in [-0.3, -0.25) is 4.79 Å². The second kappa shape index (κ2) is 4.42. The van der Waals surface area contributed by atoms with Crippen molar-refractivity contribution in [2.45, 2.75) is 39.0 Å². The Hall–Kier alpha value is -1.31. The highest BCUT2D eigenvalue weighted by molar-refractivity contribution is 5.98. The van der Waals surface area contributed by atoms with E-state index >= 15 is 0 Å². The highest BCUT2D eigenvalue weighted by Gasteiger charge is 2.40. The number of hydrogen-bond donors (Lipinski definition) is 1. The zero-order chi connectivity index (χ0) is 12.7. The molecule has 3 unspecified atom stereocenters. The average Bonchev–Trinajstić information content (AvgIpc) is 2.94. The van der Waals surface area contributed by atoms with Crippen LogP contribution in [0.3, 0.4) is 0 Å². The maximum atomic E-state index is 12.4. The molecule has 1 aromatic rings. The van der Waals surface area contributed by atoms with Gasteiger partial charge in [-0.25, -0.2) is 0 Å². The van der Waals surface area contributed by atoms with Crippen LogP contribution >= 0.6 is 0 Å². The molecular formula is C16H21NO. The van der Waals surface area contributed by atoms with Crippen LogP contribution in [0.1, 0.15) is 48.0 Å². The number of ketones is 1. The fraction of sp³-hybridized carbons (Fsp3) is 0.562. The number of carbonyl (C=O) groups excluding carboxylic acids is 1. The molecule has 18 heavy (non-hydrogen) atoms. The smallest absolute Gasteiger partial charge is 0.163 e. The normalized spacial score (nSPS) is 29.7. The molecular weight excluding hydrogens is 222 g/mol. The van der Waals surface area contributed by atoms with Crippen molar-refractivity contribution in [3.8, 4) is 0 Å². The Balaban J connectivity index is 1.73. The van der Waals surface area contributed by atoms with Gasteiger partial charge >= 0.3 is 0 Å². The van der Waals surface area contributed by atoms with Gasteiger partial charge in [0, 0.05) is 17.7 Å². The molecule has 2 bridgehead atoms. The third-order valence-electron chi connectivity index (χ3n) is 5.01. The minimum Gasteiger partial charge on any atom is -0.398 e. The Labute approximate surface area is 109 Å². The van der Waals surface area contributed by atoms with Gasteiger partial charge in [-0.2, -0.15) is 0 Å². The van der Waals surface area contributed by atoms with Crippen LogP contribution in [0, 0.1) is 24.7 Å². The summed E-state index contributed by atoms with van der Waals surface area (Å²) >= 11 is 0. The Bertz CT molecular complexity index is 480. The van der Waals surface area contributed by atoms with E-state index in [4.69, 9.17) is 5.73 Å². The zero-order valence-electron chi connectivity index (χ0n) is 11.0. The van der Waals surface area contributed by atoms with Crippen LogP contribution < -0.4 is 5.73 Å². The molecule has 2 fully saturated rings. The molecule has 0 heterocycles. The predicted octanol–water partition coefficient (Wildman–Crippen LogP) is 3.59. The van der Waals surface area contributed by atoms with E-state index in [-0.39, 0.29) is 5.78 Å². The van der Waals surface area contributed by atoms with Crippen molar-refractivity contribution in [3.05, 3.63) is 29.3 Å². The molecule has 0 aromatic heterocycles. The number of nitrogen functional groups attached to an aromatic ring is 1. The fourth-order valence-electron chi connectivity index (χ4n) is 3.93. The van der Waals surface area contributed by atoms with Crippen molar-refractivity contribution in [1.29, 1.82) is 0 Å². The van der Waals surface area contributed by atoms with Gasteiger partial charge in [0.2, 0.25) is 0 Å². The summed E-state index contributed by atoms with van der Waals surface area (Å²) < 4.78 is 0. The first-order valence-corrected chi connectivity index (χ1v) is 7.03. The van der Waals surface area contributed by atoms with Gasteiger partial charge in [-0.15, -0.1) is 0 Å².